The lowest BCUT2D eigenvalue weighted by atomic mass is 10.1. The van der Waals surface area contributed by atoms with Crippen LogP contribution in [0.1, 0.15) is 16.1 Å². The first-order valence-corrected chi connectivity index (χ1v) is 8.26. The van der Waals surface area contributed by atoms with Gasteiger partial charge in [-0.2, -0.15) is 0 Å². The summed E-state index contributed by atoms with van der Waals surface area (Å²) in [5.74, 6) is 0.829. The Hall–Kier alpha value is -2.11. The molecule has 0 N–H and O–H groups in total. The average molecular weight is 308 g/mol. The van der Waals surface area contributed by atoms with Crippen molar-refractivity contribution in [3.05, 3.63) is 64.4 Å². The van der Waals surface area contributed by atoms with Gasteiger partial charge in [-0.1, -0.05) is 30.3 Å². The van der Waals surface area contributed by atoms with Crippen LogP contribution in [0.2, 0.25) is 0 Å². The van der Waals surface area contributed by atoms with Gasteiger partial charge in [-0.3, -0.25) is 9.88 Å². The summed E-state index contributed by atoms with van der Waals surface area (Å²) >= 11 is 1.71. The van der Waals surface area contributed by atoms with Crippen LogP contribution in [0, 0.1) is 0 Å². The molecule has 0 aliphatic carbocycles. The Morgan fingerprint density at radius 1 is 1.14 bits per heavy atom. The second-order valence-corrected chi connectivity index (χ2v) is 6.43. The molecule has 1 aromatic carbocycles. The van der Waals surface area contributed by atoms with Gasteiger partial charge in [0.05, 0.1) is 11.2 Å². The Morgan fingerprint density at radius 3 is 2.86 bits per heavy atom. The first kappa shape index (κ1) is 13.5. The first-order chi connectivity index (χ1) is 10.9. The van der Waals surface area contributed by atoms with Crippen LogP contribution in [-0.4, -0.2) is 26.4 Å². The Morgan fingerprint density at radius 2 is 2.05 bits per heavy atom. The van der Waals surface area contributed by atoms with Gasteiger partial charge < -0.3 is 0 Å². The number of benzene rings is 1. The van der Waals surface area contributed by atoms with Crippen molar-refractivity contribution in [2.75, 3.05) is 6.54 Å². The molecule has 1 aliphatic rings. The molecule has 1 aliphatic heterocycles. The van der Waals surface area contributed by atoms with Crippen LogP contribution in [-0.2, 0) is 19.5 Å². The number of thiazole rings is 1. The molecule has 0 saturated heterocycles. The number of rotatable bonds is 3. The molecule has 5 heteroatoms. The van der Waals surface area contributed by atoms with Crippen molar-refractivity contribution >= 4 is 11.3 Å². The van der Waals surface area contributed by atoms with Gasteiger partial charge in [-0.25, -0.2) is 9.97 Å². The third kappa shape index (κ3) is 2.77. The molecule has 110 valence electrons. The highest BCUT2D eigenvalue weighted by atomic mass is 32.1. The monoisotopic (exact) mass is 308 g/mol. The molecule has 0 radical (unpaired) electrons. The molecule has 0 atom stereocenters. The molecule has 2 aromatic heterocycles. The van der Waals surface area contributed by atoms with Gasteiger partial charge >= 0.3 is 0 Å². The van der Waals surface area contributed by atoms with Crippen LogP contribution in [0.15, 0.2) is 48.2 Å². The molecule has 22 heavy (non-hydrogen) atoms. The van der Waals surface area contributed by atoms with E-state index in [1.807, 2.05) is 36.1 Å². The molecular formula is C17H16N4S. The summed E-state index contributed by atoms with van der Waals surface area (Å²) in [6.45, 7) is 2.92. The third-order valence-corrected chi connectivity index (χ3v) is 4.67. The van der Waals surface area contributed by atoms with Crippen molar-refractivity contribution < 1.29 is 0 Å². The van der Waals surface area contributed by atoms with Crippen molar-refractivity contribution in [2.45, 2.75) is 19.5 Å². The van der Waals surface area contributed by atoms with E-state index in [-0.39, 0.29) is 0 Å². The van der Waals surface area contributed by atoms with Crippen LogP contribution in [0.5, 0.6) is 0 Å². The fraction of sp³-hybridized carbons (Fsp3) is 0.235. The van der Waals surface area contributed by atoms with Crippen LogP contribution in [0.4, 0.5) is 0 Å². The molecule has 0 fully saturated rings. The largest absolute Gasteiger partial charge is 0.293 e. The molecule has 3 aromatic rings. The number of nitrogens with zero attached hydrogens (tertiary/aromatic N) is 4. The molecule has 0 saturated carbocycles. The SMILES string of the molecule is c1ccc(-c2ncc3c(n2)CCN(Cc2cncs2)C3)cc1. The summed E-state index contributed by atoms with van der Waals surface area (Å²) in [7, 11) is 0. The minimum atomic E-state index is 0.829. The summed E-state index contributed by atoms with van der Waals surface area (Å²) in [6, 6.07) is 10.2. The van der Waals surface area contributed by atoms with Gasteiger partial charge in [0.1, 0.15) is 0 Å². The number of aromatic nitrogens is 3. The minimum absolute atomic E-state index is 0.829. The van der Waals surface area contributed by atoms with Crippen LogP contribution in [0.25, 0.3) is 11.4 Å². The Labute approximate surface area is 133 Å². The van der Waals surface area contributed by atoms with E-state index in [1.54, 1.807) is 11.3 Å². The fourth-order valence-corrected chi connectivity index (χ4v) is 3.41. The lowest BCUT2D eigenvalue weighted by molar-refractivity contribution is 0.245. The van der Waals surface area contributed by atoms with E-state index in [0.29, 0.717) is 0 Å². The Bertz CT molecular complexity index is 756. The maximum atomic E-state index is 4.77. The van der Waals surface area contributed by atoms with Crippen molar-refractivity contribution in [3.8, 4) is 11.4 Å². The zero-order valence-corrected chi connectivity index (χ0v) is 13.0. The van der Waals surface area contributed by atoms with Crippen molar-refractivity contribution in [1.29, 1.82) is 0 Å². The van der Waals surface area contributed by atoms with E-state index in [1.165, 1.54) is 16.1 Å². The van der Waals surface area contributed by atoms with Gasteiger partial charge in [0.15, 0.2) is 5.82 Å². The predicted molar refractivity (Wildman–Crippen MR) is 87.4 cm³/mol. The third-order valence-electron chi connectivity index (χ3n) is 3.91. The maximum absolute atomic E-state index is 4.77. The van der Waals surface area contributed by atoms with Crippen LogP contribution >= 0.6 is 11.3 Å². The van der Waals surface area contributed by atoms with E-state index in [0.717, 1.165) is 37.4 Å². The molecule has 3 heterocycles. The van der Waals surface area contributed by atoms with Gasteiger partial charge in [-0.05, 0) is 0 Å². The second kappa shape index (κ2) is 5.94. The highest BCUT2D eigenvalue weighted by Gasteiger charge is 2.19. The lowest BCUT2D eigenvalue weighted by Crippen LogP contribution is -2.30. The number of fused-ring (bicyclic) bond motifs is 1. The zero-order valence-electron chi connectivity index (χ0n) is 12.1. The van der Waals surface area contributed by atoms with E-state index < -0.39 is 0 Å². The summed E-state index contributed by atoms with van der Waals surface area (Å²) in [5, 5.41) is 0. The number of hydrogen-bond acceptors (Lipinski definition) is 5. The summed E-state index contributed by atoms with van der Waals surface area (Å²) in [4.78, 5) is 17.2. The van der Waals surface area contributed by atoms with E-state index in [4.69, 9.17) is 4.98 Å². The van der Waals surface area contributed by atoms with Crippen molar-refractivity contribution in [3.63, 3.8) is 0 Å². The first-order valence-electron chi connectivity index (χ1n) is 7.38. The minimum Gasteiger partial charge on any atom is -0.293 e. The van der Waals surface area contributed by atoms with E-state index in [2.05, 4.69) is 27.0 Å². The molecule has 0 spiro atoms. The van der Waals surface area contributed by atoms with Gasteiger partial charge in [-0.15, -0.1) is 11.3 Å². The fourth-order valence-electron chi connectivity index (χ4n) is 2.78. The van der Waals surface area contributed by atoms with Crippen molar-refractivity contribution in [2.24, 2.45) is 0 Å². The maximum Gasteiger partial charge on any atom is 0.159 e. The molecule has 0 bridgehead atoms. The molecule has 0 unspecified atom stereocenters. The summed E-state index contributed by atoms with van der Waals surface area (Å²) in [5.41, 5.74) is 5.41. The Balaban J connectivity index is 1.54. The molecule has 0 amide bonds. The lowest BCUT2D eigenvalue weighted by Gasteiger charge is -2.27. The average Bonchev–Trinajstić information content (AvgIpc) is 3.08. The normalized spacial score (nSPS) is 14.7. The zero-order chi connectivity index (χ0) is 14.8. The van der Waals surface area contributed by atoms with Gasteiger partial charge in [0.2, 0.25) is 0 Å². The molecular weight excluding hydrogens is 292 g/mol. The number of hydrogen-bond donors (Lipinski definition) is 0. The van der Waals surface area contributed by atoms with Crippen LogP contribution < -0.4 is 0 Å². The highest BCUT2D eigenvalue weighted by molar-refractivity contribution is 7.09. The Kier molecular flexibility index (Phi) is 3.66. The summed E-state index contributed by atoms with van der Waals surface area (Å²) in [6.07, 6.45) is 4.93. The second-order valence-electron chi connectivity index (χ2n) is 5.46. The topological polar surface area (TPSA) is 41.9 Å². The quantitative estimate of drug-likeness (QED) is 0.745. The predicted octanol–water partition coefficient (Wildman–Crippen LogP) is 3.16. The highest BCUT2D eigenvalue weighted by Crippen LogP contribution is 2.22. The van der Waals surface area contributed by atoms with Crippen LogP contribution in [0.3, 0.4) is 0 Å². The summed E-state index contributed by atoms with van der Waals surface area (Å²) < 4.78 is 0. The smallest absolute Gasteiger partial charge is 0.159 e. The van der Waals surface area contributed by atoms with Gasteiger partial charge in [0.25, 0.3) is 0 Å². The molecule has 4 nitrogen and oxygen atoms in total. The van der Waals surface area contributed by atoms with Crippen molar-refractivity contribution in [1.82, 2.24) is 19.9 Å². The molecule has 4 rings (SSSR count). The standard InChI is InChI=1S/C17H16N4S/c1-2-4-13(5-3-1)17-19-8-14-10-21(7-6-16(14)20-17)11-15-9-18-12-22-15/h1-5,8-9,12H,6-7,10-11H2. The van der Waals surface area contributed by atoms with E-state index in [9.17, 15) is 0 Å². The van der Waals surface area contributed by atoms with E-state index >= 15 is 0 Å². The van der Waals surface area contributed by atoms with Gasteiger partial charge in [0, 0.05) is 54.5 Å².